The van der Waals surface area contributed by atoms with Crippen LogP contribution in [0.25, 0.3) is 0 Å². The van der Waals surface area contributed by atoms with Crippen molar-refractivity contribution in [3.8, 4) is 5.19 Å². The summed E-state index contributed by atoms with van der Waals surface area (Å²) in [5.74, 6) is 0. The summed E-state index contributed by atoms with van der Waals surface area (Å²) < 4.78 is 5.54. The molecule has 3 nitrogen and oxygen atoms in total. The molecule has 12 heavy (non-hydrogen) atoms. The van der Waals surface area contributed by atoms with Gasteiger partial charge in [-0.15, -0.1) is 0 Å². The van der Waals surface area contributed by atoms with Crippen LogP contribution in [0, 0.1) is 0 Å². The van der Waals surface area contributed by atoms with Gasteiger partial charge in [-0.05, 0) is 20.8 Å². The molecule has 1 aromatic heterocycles. The molecule has 68 valence electrons. The molecule has 0 unspecified atom stereocenters. The molecule has 0 fully saturated rings. The van der Waals surface area contributed by atoms with E-state index in [2.05, 4.69) is 4.98 Å². The zero-order valence-electron chi connectivity index (χ0n) is 7.63. The molecule has 1 heterocycles. The summed E-state index contributed by atoms with van der Waals surface area (Å²) >= 11 is 1.50. The average molecular weight is 186 g/mol. The maximum atomic E-state index is 5.54. The molecule has 0 saturated heterocycles. The number of thiazole rings is 1. The first-order valence-electron chi connectivity index (χ1n) is 3.85. The fourth-order valence-corrected chi connectivity index (χ4v) is 1.50. The van der Waals surface area contributed by atoms with Gasteiger partial charge in [0.2, 0.25) is 0 Å². The summed E-state index contributed by atoms with van der Waals surface area (Å²) in [6, 6.07) is 0. The second-order valence-electron chi connectivity index (χ2n) is 3.51. The summed E-state index contributed by atoms with van der Waals surface area (Å²) in [5, 5.41) is 0.697. The van der Waals surface area contributed by atoms with Crippen LogP contribution in [0.2, 0.25) is 0 Å². The minimum absolute atomic E-state index is 0.177. The van der Waals surface area contributed by atoms with Gasteiger partial charge in [-0.2, -0.15) is 0 Å². The standard InChI is InChI=1S/C8H14N2OS/c1-8(2,3)11-7-10-5-6(4-9)12-7/h5H,4,9H2,1-3H3. The molecule has 1 aromatic rings. The highest BCUT2D eigenvalue weighted by Gasteiger charge is 2.13. The zero-order chi connectivity index (χ0) is 9.19. The highest BCUT2D eigenvalue weighted by Crippen LogP contribution is 2.23. The Bertz CT molecular complexity index is 252. The highest BCUT2D eigenvalue weighted by molar-refractivity contribution is 7.13. The van der Waals surface area contributed by atoms with Gasteiger partial charge in [0.1, 0.15) is 5.60 Å². The van der Waals surface area contributed by atoms with E-state index in [4.69, 9.17) is 10.5 Å². The quantitative estimate of drug-likeness (QED) is 0.766. The SMILES string of the molecule is CC(C)(C)Oc1ncc(CN)s1. The Morgan fingerprint density at radius 1 is 1.58 bits per heavy atom. The lowest BCUT2D eigenvalue weighted by Crippen LogP contribution is -2.22. The Balaban J connectivity index is 2.64. The van der Waals surface area contributed by atoms with Crippen molar-refractivity contribution in [1.29, 1.82) is 0 Å². The molecule has 0 bridgehead atoms. The van der Waals surface area contributed by atoms with Gasteiger partial charge in [0, 0.05) is 17.6 Å². The Kier molecular flexibility index (Phi) is 2.69. The highest BCUT2D eigenvalue weighted by atomic mass is 32.1. The van der Waals surface area contributed by atoms with Crippen LogP contribution in [-0.4, -0.2) is 10.6 Å². The van der Waals surface area contributed by atoms with Crippen LogP contribution >= 0.6 is 11.3 Å². The first kappa shape index (κ1) is 9.48. The average Bonchev–Trinajstić information content (AvgIpc) is 2.32. The van der Waals surface area contributed by atoms with Crippen LogP contribution in [-0.2, 0) is 6.54 Å². The van der Waals surface area contributed by atoms with Gasteiger partial charge in [-0.3, -0.25) is 0 Å². The molecule has 1 rings (SSSR count). The van der Waals surface area contributed by atoms with Crippen molar-refractivity contribution in [1.82, 2.24) is 4.98 Å². The lowest BCUT2D eigenvalue weighted by molar-refractivity contribution is 0.130. The van der Waals surface area contributed by atoms with Gasteiger partial charge >= 0.3 is 0 Å². The number of nitrogens with two attached hydrogens (primary N) is 1. The van der Waals surface area contributed by atoms with Crippen LogP contribution in [0.3, 0.4) is 0 Å². The van der Waals surface area contributed by atoms with Gasteiger partial charge in [0.25, 0.3) is 5.19 Å². The van der Waals surface area contributed by atoms with E-state index < -0.39 is 0 Å². The fourth-order valence-electron chi connectivity index (χ4n) is 0.693. The summed E-state index contributed by atoms with van der Waals surface area (Å²) in [7, 11) is 0. The first-order valence-corrected chi connectivity index (χ1v) is 4.67. The minimum atomic E-state index is -0.177. The molecule has 0 saturated carbocycles. The third-order valence-electron chi connectivity index (χ3n) is 1.13. The molecular weight excluding hydrogens is 172 g/mol. The summed E-state index contributed by atoms with van der Waals surface area (Å²) in [6.45, 7) is 6.52. The number of hydrogen-bond acceptors (Lipinski definition) is 4. The monoisotopic (exact) mass is 186 g/mol. The Morgan fingerprint density at radius 3 is 2.67 bits per heavy atom. The second kappa shape index (κ2) is 3.41. The number of hydrogen-bond donors (Lipinski definition) is 1. The van der Waals surface area contributed by atoms with E-state index in [1.165, 1.54) is 11.3 Å². The van der Waals surface area contributed by atoms with E-state index in [1.807, 2.05) is 20.8 Å². The molecule has 0 aliphatic heterocycles. The lowest BCUT2D eigenvalue weighted by Gasteiger charge is -2.18. The molecule has 0 atom stereocenters. The zero-order valence-corrected chi connectivity index (χ0v) is 8.44. The van der Waals surface area contributed by atoms with Crippen LogP contribution in [0.4, 0.5) is 0 Å². The van der Waals surface area contributed by atoms with Crippen molar-refractivity contribution in [2.75, 3.05) is 0 Å². The van der Waals surface area contributed by atoms with Gasteiger partial charge < -0.3 is 10.5 Å². The Labute approximate surface area is 76.6 Å². The van der Waals surface area contributed by atoms with Crippen molar-refractivity contribution in [3.05, 3.63) is 11.1 Å². The largest absolute Gasteiger partial charge is 0.464 e. The van der Waals surface area contributed by atoms with E-state index in [0.29, 0.717) is 11.7 Å². The number of aromatic nitrogens is 1. The molecular formula is C8H14N2OS. The Morgan fingerprint density at radius 2 is 2.25 bits per heavy atom. The maximum Gasteiger partial charge on any atom is 0.273 e. The number of ether oxygens (including phenoxy) is 1. The van der Waals surface area contributed by atoms with Crippen molar-refractivity contribution in [3.63, 3.8) is 0 Å². The summed E-state index contributed by atoms with van der Waals surface area (Å²) in [5.41, 5.74) is 5.26. The first-order chi connectivity index (χ1) is 5.51. The van der Waals surface area contributed by atoms with Crippen molar-refractivity contribution >= 4 is 11.3 Å². The van der Waals surface area contributed by atoms with Gasteiger partial charge in [0.15, 0.2) is 0 Å². The van der Waals surface area contributed by atoms with Gasteiger partial charge in [-0.25, -0.2) is 4.98 Å². The van der Waals surface area contributed by atoms with Crippen molar-refractivity contribution in [2.45, 2.75) is 32.9 Å². The molecule has 0 aromatic carbocycles. The predicted molar refractivity (Wildman–Crippen MR) is 50.4 cm³/mol. The minimum Gasteiger partial charge on any atom is -0.464 e. The Hall–Kier alpha value is -0.610. The second-order valence-corrected chi connectivity index (χ2v) is 4.59. The fraction of sp³-hybridized carbons (Fsp3) is 0.625. The third kappa shape index (κ3) is 2.79. The van der Waals surface area contributed by atoms with Crippen LogP contribution in [0.5, 0.6) is 5.19 Å². The molecule has 0 aliphatic carbocycles. The molecule has 0 radical (unpaired) electrons. The summed E-state index contributed by atoms with van der Waals surface area (Å²) in [4.78, 5) is 5.14. The topological polar surface area (TPSA) is 48.1 Å². The van der Waals surface area contributed by atoms with Crippen molar-refractivity contribution < 1.29 is 4.74 Å². The maximum absolute atomic E-state index is 5.54. The summed E-state index contributed by atoms with van der Waals surface area (Å²) in [6.07, 6.45) is 1.76. The molecule has 4 heteroatoms. The number of rotatable bonds is 2. The normalized spacial score (nSPS) is 11.7. The predicted octanol–water partition coefficient (Wildman–Crippen LogP) is 1.78. The van der Waals surface area contributed by atoms with E-state index in [-0.39, 0.29) is 5.60 Å². The van der Waals surface area contributed by atoms with E-state index in [9.17, 15) is 0 Å². The van der Waals surface area contributed by atoms with E-state index in [1.54, 1.807) is 6.20 Å². The van der Waals surface area contributed by atoms with Gasteiger partial charge in [0.05, 0.1) is 0 Å². The molecule has 0 aliphatic rings. The molecule has 0 spiro atoms. The van der Waals surface area contributed by atoms with Crippen molar-refractivity contribution in [2.24, 2.45) is 5.73 Å². The number of nitrogens with zero attached hydrogens (tertiary/aromatic N) is 1. The third-order valence-corrected chi connectivity index (χ3v) is 2.02. The van der Waals surface area contributed by atoms with Crippen LogP contribution < -0.4 is 10.5 Å². The van der Waals surface area contributed by atoms with Crippen LogP contribution in [0.1, 0.15) is 25.6 Å². The molecule has 0 amide bonds. The van der Waals surface area contributed by atoms with Crippen LogP contribution in [0.15, 0.2) is 6.20 Å². The molecule has 2 N–H and O–H groups in total. The van der Waals surface area contributed by atoms with Gasteiger partial charge in [-0.1, -0.05) is 11.3 Å². The lowest BCUT2D eigenvalue weighted by atomic mass is 10.2. The van der Waals surface area contributed by atoms with E-state index in [0.717, 1.165) is 4.88 Å². The van der Waals surface area contributed by atoms with E-state index >= 15 is 0 Å². The smallest absolute Gasteiger partial charge is 0.273 e.